The van der Waals surface area contributed by atoms with Crippen molar-refractivity contribution in [2.24, 2.45) is 0 Å². The molecular formula is C17H24FN3O3S. The third-order valence-electron chi connectivity index (χ3n) is 4.94. The summed E-state index contributed by atoms with van der Waals surface area (Å²) in [6, 6.07) is 3.91. The minimum atomic E-state index is -3.38. The van der Waals surface area contributed by atoms with Gasteiger partial charge in [0.2, 0.25) is 15.9 Å². The third kappa shape index (κ3) is 4.02. The van der Waals surface area contributed by atoms with E-state index in [9.17, 15) is 17.6 Å². The average molecular weight is 369 g/mol. The van der Waals surface area contributed by atoms with Crippen LogP contribution in [0.2, 0.25) is 0 Å². The van der Waals surface area contributed by atoms with Crippen molar-refractivity contribution in [3.05, 3.63) is 29.6 Å². The Morgan fingerprint density at radius 3 is 2.68 bits per heavy atom. The fourth-order valence-electron chi connectivity index (χ4n) is 3.36. The number of benzene rings is 1. The number of carbonyl (C=O) groups excluding carboxylic acids is 1. The molecule has 2 unspecified atom stereocenters. The molecule has 1 aromatic carbocycles. The van der Waals surface area contributed by atoms with Crippen molar-refractivity contribution in [3.63, 3.8) is 0 Å². The van der Waals surface area contributed by atoms with Crippen molar-refractivity contribution in [1.82, 2.24) is 9.62 Å². The molecule has 2 aliphatic heterocycles. The van der Waals surface area contributed by atoms with E-state index in [0.717, 1.165) is 19.3 Å². The second-order valence-electron chi connectivity index (χ2n) is 6.78. The van der Waals surface area contributed by atoms with Gasteiger partial charge in [0.25, 0.3) is 0 Å². The number of carbonyl (C=O) groups is 1. The largest absolute Gasteiger partial charge is 0.325 e. The van der Waals surface area contributed by atoms with Gasteiger partial charge in [0.1, 0.15) is 5.82 Å². The molecule has 0 bridgehead atoms. The van der Waals surface area contributed by atoms with Gasteiger partial charge in [-0.25, -0.2) is 17.1 Å². The lowest BCUT2D eigenvalue weighted by Crippen LogP contribution is -2.42. The number of hydrogen-bond acceptors (Lipinski definition) is 4. The van der Waals surface area contributed by atoms with Crippen molar-refractivity contribution >= 4 is 21.6 Å². The zero-order valence-electron chi connectivity index (χ0n) is 14.3. The summed E-state index contributed by atoms with van der Waals surface area (Å²) in [5, 5.41) is 5.05. The Labute approximate surface area is 147 Å². The smallest absolute Gasteiger partial charge is 0.241 e. The molecule has 2 saturated heterocycles. The lowest BCUT2D eigenvalue weighted by molar-refractivity contribution is -0.117. The van der Waals surface area contributed by atoms with E-state index < -0.39 is 21.3 Å². The molecule has 138 valence electrons. The quantitative estimate of drug-likeness (QED) is 0.845. The molecule has 0 saturated carbocycles. The van der Waals surface area contributed by atoms with Crippen molar-refractivity contribution in [2.75, 3.05) is 25.0 Å². The summed E-state index contributed by atoms with van der Waals surface area (Å²) in [6.07, 6.45) is 3.08. The molecule has 0 radical (unpaired) electrons. The highest BCUT2D eigenvalue weighted by atomic mass is 32.2. The van der Waals surface area contributed by atoms with Gasteiger partial charge in [0.15, 0.2) is 0 Å². The van der Waals surface area contributed by atoms with Crippen LogP contribution in [0.15, 0.2) is 18.2 Å². The van der Waals surface area contributed by atoms with E-state index in [-0.39, 0.29) is 24.7 Å². The van der Waals surface area contributed by atoms with E-state index >= 15 is 0 Å². The van der Waals surface area contributed by atoms with Gasteiger partial charge in [0, 0.05) is 25.3 Å². The number of rotatable bonds is 4. The highest BCUT2D eigenvalue weighted by Gasteiger charge is 2.40. The molecule has 0 spiro atoms. The summed E-state index contributed by atoms with van der Waals surface area (Å²) in [5.41, 5.74) is 0.877. The fraction of sp³-hybridized carbons (Fsp3) is 0.588. The molecule has 1 aromatic rings. The second kappa shape index (κ2) is 7.39. The highest BCUT2D eigenvalue weighted by Crippen LogP contribution is 2.23. The van der Waals surface area contributed by atoms with Gasteiger partial charge in [-0.1, -0.05) is 12.5 Å². The molecule has 8 heteroatoms. The molecule has 2 aliphatic rings. The SMILES string of the molecule is Cc1ccc(NC(=O)C2CC(S(=O)(=O)N3CCCCC3)CN2)cc1F. The van der Waals surface area contributed by atoms with Gasteiger partial charge >= 0.3 is 0 Å². The van der Waals surface area contributed by atoms with Gasteiger partial charge < -0.3 is 10.6 Å². The van der Waals surface area contributed by atoms with Crippen LogP contribution in [0.5, 0.6) is 0 Å². The van der Waals surface area contributed by atoms with Crippen LogP contribution in [-0.2, 0) is 14.8 Å². The Morgan fingerprint density at radius 1 is 1.28 bits per heavy atom. The summed E-state index contributed by atoms with van der Waals surface area (Å²) in [6.45, 7) is 3.05. The van der Waals surface area contributed by atoms with E-state index in [1.807, 2.05) is 0 Å². The maximum Gasteiger partial charge on any atom is 0.241 e. The van der Waals surface area contributed by atoms with Crippen LogP contribution in [0.3, 0.4) is 0 Å². The maximum atomic E-state index is 13.6. The molecular weight excluding hydrogens is 345 g/mol. The van der Waals surface area contributed by atoms with Crippen LogP contribution in [0.4, 0.5) is 10.1 Å². The van der Waals surface area contributed by atoms with Crippen LogP contribution in [0, 0.1) is 12.7 Å². The Hall–Kier alpha value is -1.51. The molecule has 6 nitrogen and oxygen atoms in total. The van der Waals surface area contributed by atoms with Crippen LogP contribution >= 0.6 is 0 Å². The Kier molecular flexibility index (Phi) is 5.41. The monoisotopic (exact) mass is 369 g/mol. The Bertz CT molecular complexity index is 748. The number of amides is 1. The van der Waals surface area contributed by atoms with Gasteiger partial charge in [0.05, 0.1) is 11.3 Å². The van der Waals surface area contributed by atoms with E-state index in [0.29, 0.717) is 24.3 Å². The van der Waals surface area contributed by atoms with Gasteiger partial charge in [-0.2, -0.15) is 0 Å². The first-order valence-corrected chi connectivity index (χ1v) is 10.2. The van der Waals surface area contributed by atoms with Crippen molar-refractivity contribution in [2.45, 2.75) is 43.9 Å². The molecule has 0 aliphatic carbocycles. The summed E-state index contributed by atoms with van der Waals surface area (Å²) in [7, 11) is -3.38. The van der Waals surface area contributed by atoms with Crippen LogP contribution < -0.4 is 10.6 Å². The number of nitrogens with zero attached hydrogens (tertiary/aromatic N) is 1. The van der Waals surface area contributed by atoms with E-state index in [2.05, 4.69) is 10.6 Å². The molecule has 2 N–H and O–H groups in total. The zero-order chi connectivity index (χ0) is 18.0. The summed E-state index contributed by atoms with van der Waals surface area (Å²) >= 11 is 0. The van der Waals surface area contributed by atoms with E-state index in [4.69, 9.17) is 0 Å². The van der Waals surface area contributed by atoms with Crippen LogP contribution in [0.25, 0.3) is 0 Å². The predicted octanol–water partition coefficient (Wildman–Crippen LogP) is 1.62. The maximum absolute atomic E-state index is 13.6. The van der Waals surface area contributed by atoms with Crippen molar-refractivity contribution < 1.29 is 17.6 Å². The number of sulfonamides is 1. The first kappa shape index (κ1) is 18.3. The van der Waals surface area contributed by atoms with Crippen LogP contribution in [0.1, 0.15) is 31.2 Å². The van der Waals surface area contributed by atoms with Gasteiger partial charge in [-0.05, 0) is 43.9 Å². The lowest BCUT2D eigenvalue weighted by Gasteiger charge is -2.28. The van der Waals surface area contributed by atoms with E-state index in [1.54, 1.807) is 23.4 Å². The standard InChI is InChI=1S/C17H24FN3O3S/c1-12-5-6-13(9-15(12)18)20-17(22)16-10-14(11-19-16)25(23,24)21-7-3-2-4-8-21/h5-6,9,14,16,19H,2-4,7-8,10-11H2,1H3,(H,20,22). The molecule has 2 fully saturated rings. The zero-order valence-corrected chi connectivity index (χ0v) is 15.1. The lowest BCUT2D eigenvalue weighted by atomic mass is 10.2. The van der Waals surface area contributed by atoms with Crippen LogP contribution in [-0.4, -0.2) is 49.6 Å². The molecule has 25 heavy (non-hydrogen) atoms. The molecule has 1 amide bonds. The number of nitrogens with one attached hydrogen (secondary N) is 2. The number of aryl methyl sites for hydroxylation is 1. The third-order valence-corrected chi connectivity index (χ3v) is 7.23. The average Bonchev–Trinajstić information content (AvgIpc) is 3.10. The first-order valence-electron chi connectivity index (χ1n) is 8.67. The Balaban J connectivity index is 1.61. The topological polar surface area (TPSA) is 78.5 Å². The molecule has 0 aromatic heterocycles. The molecule has 3 rings (SSSR count). The molecule has 2 heterocycles. The number of anilines is 1. The minimum Gasteiger partial charge on any atom is -0.325 e. The van der Waals surface area contributed by atoms with Gasteiger partial charge in [-0.3, -0.25) is 4.79 Å². The Morgan fingerprint density at radius 2 is 2.00 bits per heavy atom. The summed E-state index contributed by atoms with van der Waals surface area (Å²) < 4.78 is 40.5. The predicted molar refractivity (Wildman–Crippen MR) is 94.3 cm³/mol. The highest BCUT2D eigenvalue weighted by molar-refractivity contribution is 7.89. The summed E-state index contributed by atoms with van der Waals surface area (Å²) in [4.78, 5) is 12.4. The van der Waals surface area contributed by atoms with Crippen molar-refractivity contribution in [1.29, 1.82) is 0 Å². The van der Waals surface area contributed by atoms with Gasteiger partial charge in [-0.15, -0.1) is 0 Å². The van der Waals surface area contributed by atoms with Crippen molar-refractivity contribution in [3.8, 4) is 0 Å². The second-order valence-corrected chi connectivity index (χ2v) is 8.99. The fourth-order valence-corrected chi connectivity index (χ4v) is 5.29. The molecule has 2 atom stereocenters. The number of piperidine rings is 1. The minimum absolute atomic E-state index is 0.235. The summed E-state index contributed by atoms with van der Waals surface area (Å²) in [5.74, 6) is -0.720. The van der Waals surface area contributed by atoms with E-state index in [1.165, 1.54) is 6.07 Å². The number of hydrogen-bond donors (Lipinski definition) is 2. The number of halogens is 1. The first-order chi connectivity index (χ1) is 11.9. The normalized spacial score (nSPS) is 25.0.